The molecule has 236 valence electrons. The monoisotopic (exact) mass is 584 g/mol. The molecule has 0 rings (SSSR count). The van der Waals surface area contributed by atoms with E-state index in [0.717, 1.165) is 0 Å². The lowest BCUT2D eigenvalue weighted by atomic mass is 9.92. The van der Waals surface area contributed by atoms with Crippen LogP contribution in [0.15, 0.2) is 0 Å². The Bertz CT molecular complexity index is 914. The molecule has 41 heavy (non-hydrogen) atoms. The molecule has 0 aliphatic carbocycles. The van der Waals surface area contributed by atoms with Gasteiger partial charge in [-0.15, -0.1) is 0 Å². The highest BCUT2D eigenvalue weighted by Crippen LogP contribution is 2.15. The van der Waals surface area contributed by atoms with E-state index in [2.05, 4.69) is 21.3 Å². The number of primary amides is 1. The quantitative estimate of drug-likeness (QED) is 0.112. The molecule has 9 N–H and O–H groups in total. The second kappa shape index (κ2) is 18.3. The van der Waals surface area contributed by atoms with Crippen molar-refractivity contribution in [1.82, 2.24) is 21.3 Å². The normalized spacial score (nSPS) is 17.8. The molecule has 0 aliphatic rings. The van der Waals surface area contributed by atoms with Crippen LogP contribution in [0.3, 0.4) is 0 Å². The van der Waals surface area contributed by atoms with E-state index in [4.69, 9.17) is 16.6 Å². The van der Waals surface area contributed by atoms with E-state index in [9.17, 15) is 28.8 Å². The Labute approximate surface area is 243 Å². The Kier molecular flexibility index (Phi) is 16.8. The van der Waals surface area contributed by atoms with Crippen molar-refractivity contribution in [2.45, 2.75) is 118 Å². The highest BCUT2D eigenvalue weighted by molar-refractivity contribution is 5.96. The molecule has 0 heterocycles. The molecule has 13 heteroatoms. The molecule has 5 amide bonds. The second-order valence-corrected chi connectivity index (χ2v) is 11.1. The van der Waals surface area contributed by atoms with Crippen LogP contribution in [-0.2, 0) is 28.8 Å². The lowest BCUT2D eigenvalue weighted by Gasteiger charge is -2.32. The number of carbonyl (C=O) groups is 6. The molecule has 0 bridgehead atoms. The fraction of sp³-hybridized carbons (Fsp3) is 0.786. The van der Waals surface area contributed by atoms with Gasteiger partial charge < -0.3 is 37.8 Å². The number of rotatable bonds is 19. The van der Waals surface area contributed by atoms with Gasteiger partial charge in [0, 0.05) is 0 Å². The van der Waals surface area contributed by atoms with Crippen molar-refractivity contribution in [3.63, 3.8) is 0 Å². The molecule has 0 aliphatic heterocycles. The number of nitrogens with one attached hydrogen (secondary N) is 4. The van der Waals surface area contributed by atoms with Gasteiger partial charge in [-0.1, -0.05) is 81.1 Å². The highest BCUT2D eigenvalue weighted by atomic mass is 16.4. The number of hydrogen-bond acceptors (Lipinski definition) is 7. The van der Waals surface area contributed by atoms with E-state index in [1.165, 1.54) is 0 Å². The molecular formula is C28H52N6O7. The van der Waals surface area contributed by atoms with Crippen LogP contribution >= 0.6 is 0 Å². The summed E-state index contributed by atoms with van der Waals surface area (Å²) in [4.78, 5) is 75.7. The van der Waals surface area contributed by atoms with Crippen molar-refractivity contribution >= 4 is 35.5 Å². The third-order valence-electron chi connectivity index (χ3n) is 7.93. The van der Waals surface area contributed by atoms with Crippen LogP contribution in [0, 0.1) is 23.7 Å². The Balaban J connectivity index is 6.02. The van der Waals surface area contributed by atoms with E-state index in [-0.39, 0.29) is 23.7 Å². The Morgan fingerprint density at radius 3 is 1.10 bits per heavy atom. The second-order valence-electron chi connectivity index (χ2n) is 11.1. The molecule has 0 aromatic carbocycles. The van der Waals surface area contributed by atoms with Crippen LogP contribution < -0.4 is 32.7 Å². The van der Waals surface area contributed by atoms with Gasteiger partial charge in [-0.05, 0) is 23.7 Å². The lowest BCUT2D eigenvalue weighted by Crippen LogP contribution is -2.62. The zero-order chi connectivity index (χ0) is 32.0. The number of carboxylic acid groups (broad SMARTS) is 1. The summed E-state index contributed by atoms with van der Waals surface area (Å²) in [6.07, 6.45) is 1.55. The predicted molar refractivity (Wildman–Crippen MR) is 155 cm³/mol. The van der Waals surface area contributed by atoms with Crippen LogP contribution in [0.1, 0.15) is 87.5 Å². The van der Waals surface area contributed by atoms with Crippen LogP contribution in [0.4, 0.5) is 0 Å². The van der Waals surface area contributed by atoms with Crippen molar-refractivity contribution in [3.8, 4) is 0 Å². The van der Waals surface area contributed by atoms with Crippen molar-refractivity contribution in [3.05, 3.63) is 0 Å². The van der Waals surface area contributed by atoms with Gasteiger partial charge in [-0.2, -0.15) is 0 Å². The van der Waals surface area contributed by atoms with Gasteiger partial charge in [-0.3, -0.25) is 28.8 Å². The summed E-state index contributed by atoms with van der Waals surface area (Å²) in [5.41, 5.74) is 11.2. The molecule has 0 saturated heterocycles. The Morgan fingerprint density at radius 1 is 0.561 bits per heavy atom. The summed E-state index contributed by atoms with van der Waals surface area (Å²) in [5, 5.41) is 19.6. The summed E-state index contributed by atoms with van der Waals surface area (Å²) in [6.45, 7) is 14.5. The molecule has 0 spiro atoms. The molecule has 13 nitrogen and oxygen atoms in total. The fourth-order valence-corrected chi connectivity index (χ4v) is 4.11. The van der Waals surface area contributed by atoms with Crippen LogP contribution in [0.2, 0.25) is 0 Å². The van der Waals surface area contributed by atoms with Gasteiger partial charge in [0.15, 0.2) is 0 Å². The largest absolute Gasteiger partial charge is 0.481 e. The number of carbonyl (C=O) groups excluding carboxylic acids is 5. The number of nitrogens with two attached hydrogens (primary N) is 2. The van der Waals surface area contributed by atoms with Crippen molar-refractivity contribution < 1.29 is 33.9 Å². The number of aliphatic carboxylic acids is 1. The van der Waals surface area contributed by atoms with E-state index in [1.807, 2.05) is 27.7 Å². The van der Waals surface area contributed by atoms with E-state index < -0.39 is 72.1 Å². The summed E-state index contributed by atoms with van der Waals surface area (Å²) in [6, 6.07) is -5.39. The first-order chi connectivity index (χ1) is 19.0. The molecule has 0 fully saturated rings. The maximum atomic E-state index is 13.6. The summed E-state index contributed by atoms with van der Waals surface area (Å²) in [7, 11) is 0. The third-order valence-corrected chi connectivity index (χ3v) is 7.93. The minimum Gasteiger partial charge on any atom is -0.481 e. The van der Waals surface area contributed by atoms with Crippen LogP contribution in [0.5, 0.6) is 0 Å². The van der Waals surface area contributed by atoms with Gasteiger partial charge in [0.25, 0.3) is 0 Å². The molecule has 0 saturated carbocycles. The average molecular weight is 585 g/mol. The maximum Gasteiger partial charge on any atom is 0.305 e. The van der Waals surface area contributed by atoms with Crippen molar-refractivity contribution in [2.24, 2.45) is 35.1 Å². The van der Waals surface area contributed by atoms with E-state index >= 15 is 0 Å². The number of carboxylic acids is 1. The lowest BCUT2D eigenvalue weighted by molar-refractivity contribution is -0.140. The summed E-state index contributed by atoms with van der Waals surface area (Å²) < 4.78 is 0. The van der Waals surface area contributed by atoms with Gasteiger partial charge in [0.05, 0.1) is 12.5 Å². The number of hydrogen-bond donors (Lipinski definition) is 7. The first-order valence-corrected chi connectivity index (χ1v) is 14.5. The van der Waals surface area contributed by atoms with Crippen LogP contribution in [-0.4, -0.2) is 70.8 Å². The Morgan fingerprint density at radius 2 is 0.829 bits per heavy atom. The smallest absolute Gasteiger partial charge is 0.305 e. The SMILES string of the molecule is CC[C@H](C)[C@H](NC(=O)[C@@H](NC(=O)[C@@H](NC(=O)[C@@H](NC(=O)[C@@H](N)CC(=O)O)[C@@H](C)CC)[C@@H](C)CC)[C@@H](C)CC)C(N)=O. The maximum absolute atomic E-state index is 13.6. The highest BCUT2D eigenvalue weighted by Gasteiger charge is 2.36. The summed E-state index contributed by atoms with van der Waals surface area (Å²) >= 11 is 0. The van der Waals surface area contributed by atoms with Crippen molar-refractivity contribution in [1.29, 1.82) is 0 Å². The van der Waals surface area contributed by atoms with Gasteiger partial charge >= 0.3 is 5.97 Å². The molecular weight excluding hydrogens is 532 g/mol. The van der Waals surface area contributed by atoms with E-state index in [1.54, 1.807) is 27.7 Å². The first-order valence-electron chi connectivity index (χ1n) is 14.5. The molecule has 9 atom stereocenters. The molecule has 0 unspecified atom stereocenters. The minimum absolute atomic E-state index is 0.215. The predicted octanol–water partition coefficient (Wildman–Crippen LogP) is 0.397. The standard InChI is InChI=1S/C28H52N6O7/c1-9-14(5)20(24(30)37)31-26(39)22(16(7)11-3)33-28(41)23(17(8)12-4)34-27(40)21(15(6)10-2)32-25(38)18(29)13-19(35)36/h14-18,20-23H,9-13,29H2,1-8H3,(H2,30,37)(H,31,39)(H,32,38)(H,33,41)(H,34,40)(H,35,36)/t14-,15-,16-,17-,18-,20-,21-,22-,23-/m0/s1. The zero-order valence-electron chi connectivity index (χ0n) is 25.8. The van der Waals surface area contributed by atoms with Crippen LogP contribution in [0.25, 0.3) is 0 Å². The fourth-order valence-electron chi connectivity index (χ4n) is 4.11. The van der Waals surface area contributed by atoms with Gasteiger partial charge in [0.1, 0.15) is 24.2 Å². The van der Waals surface area contributed by atoms with Gasteiger partial charge in [0.2, 0.25) is 29.5 Å². The third kappa shape index (κ3) is 12.0. The molecule has 0 aromatic heterocycles. The Hall–Kier alpha value is -3.22. The van der Waals surface area contributed by atoms with E-state index in [0.29, 0.717) is 25.7 Å². The van der Waals surface area contributed by atoms with Gasteiger partial charge in [-0.25, -0.2) is 0 Å². The minimum atomic E-state index is -1.35. The first kappa shape index (κ1) is 37.8. The molecule has 0 aromatic rings. The average Bonchev–Trinajstić information content (AvgIpc) is 2.93. The summed E-state index contributed by atoms with van der Waals surface area (Å²) in [5.74, 6) is -5.73. The topological polar surface area (TPSA) is 223 Å². The zero-order valence-corrected chi connectivity index (χ0v) is 25.8. The number of amides is 5. The van der Waals surface area contributed by atoms with Crippen molar-refractivity contribution in [2.75, 3.05) is 0 Å². The molecule has 0 radical (unpaired) electrons.